The van der Waals surface area contributed by atoms with E-state index >= 15 is 0 Å². The minimum Gasteiger partial charge on any atom is -0.508 e. The molecule has 1 aromatic rings. The maximum Gasteiger partial charge on any atom is 0.326 e. The van der Waals surface area contributed by atoms with Gasteiger partial charge in [-0.3, -0.25) is 24.0 Å². The van der Waals surface area contributed by atoms with E-state index in [2.05, 4.69) is 26.6 Å². The molecular formula is C31H50N6O8. The summed E-state index contributed by atoms with van der Waals surface area (Å²) >= 11 is 0. The second-order valence-corrected chi connectivity index (χ2v) is 12.4. The number of carbonyl (C=O) groups excluding carboxylic acids is 5. The number of rotatable bonds is 18. The van der Waals surface area contributed by atoms with Gasteiger partial charge in [-0.25, -0.2) is 4.79 Å². The molecule has 0 bridgehead atoms. The number of hydrogen-bond donors (Lipinski definition) is 8. The first-order chi connectivity index (χ1) is 20.9. The quantitative estimate of drug-likeness (QED) is 0.110. The molecule has 0 aliphatic rings. The summed E-state index contributed by atoms with van der Waals surface area (Å²) in [6, 6.07) is 0.919. The Bertz CT molecular complexity index is 1170. The topological polar surface area (TPSA) is 229 Å². The molecule has 14 heteroatoms. The molecule has 0 aromatic heterocycles. The lowest BCUT2D eigenvalue weighted by molar-refractivity contribution is -0.143. The summed E-state index contributed by atoms with van der Waals surface area (Å²) in [5.74, 6) is -4.65. The molecule has 0 heterocycles. The number of phenols is 1. The molecule has 5 amide bonds. The van der Waals surface area contributed by atoms with Crippen LogP contribution in [0.5, 0.6) is 5.75 Å². The molecule has 1 rings (SSSR count). The van der Waals surface area contributed by atoms with Gasteiger partial charge >= 0.3 is 5.97 Å². The molecule has 0 aliphatic heterocycles. The van der Waals surface area contributed by atoms with E-state index in [1.165, 1.54) is 19.1 Å². The van der Waals surface area contributed by atoms with Gasteiger partial charge in [0.15, 0.2) is 0 Å². The summed E-state index contributed by atoms with van der Waals surface area (Å²) in [6.45, 7) is 11.7. The van der Waals surface area contributed by atoms with Gasteiger partial charge in [-0.2, -0.15) is 0 Å². The van der Waals surface area contributed by atoms with E-state index in [9.17, 15) is 39.0 Å². The van der Waals surface area contributed by atoms with Crippen molar-refractivity contribution in [2.45, 2.75) is 97.9 Å². The van der Waals surface area contributed by atoms with Crippen LogP contribution in [-0.2, 0) is 35.2 Å². The number of hydrogen-bond acceptors (Lipinski definition) is 8. The summed E-state index contributed by atoms with van der Waals surface area (Å²) in [5.41, 5.74) is 6.68. The van der Waals surface area contributed by atoms with Gasteiger partial charge in [0.05, 0.1) is 12.6 Å². The highest BCUT2D eigenvalue weighted by Gasteiger charge is 2.30. The maximum absolute atomic E-state index is 13.5. The Morgan fingerprint density at radius 3 is 1.78 bits per heavy atom. The van der Waals surface area contributed by atoms with Crippen molar-refractivity contribution in [1.82, 2.24) is 26.6 Å². The van der Waals surface area contributed by atoms with E-state index < -0.39 is 72.3 Å². The van der Waals surface area contributed by atoms with E-state index in [0.717, 1.165) is 0 Å². The van der Waals surface area contributed by atoms with Crippen molar-refractivity contribution in [3.8, 4) is 5.75 Å². The lowest BCUT2D eigenvalue weighted by Crippen LogP contribution is -2.57. The SMILES string of the molecule is CC(C)C[C@H](NC(=O)[C@H](Cc1ccc(O)cc1)NC(=O)[C@@H](N)CC(C)C)C(=O)NCC(=O)N[C@@H](C)C(=O)N[C@H](C(=O)O)C(C)C. The fourth-order valence-electron chi connectivity index (χ4n) is 4.39. The fourth-order valence-corrected chi connectivity index (χ4v) is 4.39. The zero-order valence-corrected chi connectivity index (χ0v) is 27.2. The molecule has 5 atom stereocenters. The summed E-state index contributed by atoms with van der Waals surface area (Å²) in [6.07, 6.45) is 0.679. The highest BCUT2D eigenvalue weighted by molar-refractivity contribution is 5.95. The van der Waals surface area contributed by atoms with Crippen LogP contribution in [0.25, 0.3) is 0 Å². The normalized spacial score (nSPS) is 14.6. The van der Waals surface area contributed by atoms with Crippen molar-refractivity contribution in [1.29, 1.82) is 0 Å². The Balaban J connectivity index is 2.96. The Morgan fingerprint density at radius 1 is 0.711 bits per heavy atom. The second kappa shape index (κ2) is 18.6. The van der Waals surface area contributed by atoms with Gasteiger partial charge in [0.2, 0.25) is 29.5 Å². The number of carboxylic acids is 1. The molecule has 9 N–H and O–H groups in total. The first kappa shape index (κ1) is 38.8. The molecule has 0 fully saturated rings. The fraction of sp³-hybridized carbons (Fsp3) is 0.613. The third kappa shape index (κ3) is 14.4. The monoisotopic (exact) mass is 634 g/mol. The summed E-state index contributed by atoms with van der Waals surface area (Å²) in [7, 11) is 0. The number of nitrogens with one attached hydrogen (secondary N) is 5. The molecule has 14 nitrogen and oxygen atoms in total. The number of benzene rings is 1. The van der Waals surface area contributed by atoms with Gasteiger partial charge in [0.25, 0.3) is 0 Å². The summed E-state index contributed by atoms with van der Waals surface area (Å²) < 4.78 is 0. The third-order valence-corrected chi connectivity index (χ3v) is 6.84. The Morgan fingerprint density at radius 2 is 1.27 bits per heavy atom. The molecule has 0 aliphatic carbocycles. The van der Waals surface area contributed by atoms with E-state index in [-0.39, 0.29) is 36.3 Å². The molecule has 252 valence electrons. The molecular weight excluding hydrogens is 584 g/mol. The van der Waals surface area contributed by atoms with Crippen LogP contribution >= 0.6 is 0 Å². The second-order valence-electron chi connectivity index (χ2n) is 12.4. The maximum atomic E-state index is 13.5. The van der Waals surface area contributed by atoms with Crippen LogP contribution < -0.4 is 32.3 Å². The zero-order chi connectivity index (χ0) is 34.4. The number of nitrogens with two attached hydrogens (primary N) is 1. The van der Waals surface area contributed by atoms with Crippen LogP contribution in [0, 0.1) is 17.8 Å². The zero-order valence-electron chi connectivity index (χ0n) is 27.2. The summed E-state index contributed by atoms with van der Waals surface area (Å²) in [4.78, 5) is 75.7. The number of amides is 5. The number of aromatic hydroxyl groups is 1. The first-order valence-electron chi connectivity index (χ1n) is 15.2. The minimum atomic E-state index is -1.20. The Hall–Kier alpha value is -4.20. The van der Waals surface area contributed by atoms with E-state index in [4.69, 9.17) is 5.73 Å². The van der Waals surface area contributed by atoms with Crippen LogP contribution in [0.4, 0.5) is 0 Å². The predicted molar refractivity (Wildman–Crippen MR) is 168 cm³/mol. The number of aliphatic carboxylic acids is 1. The van der Waals surface area contributed by atoms with Crippen molar-refractivity contribution in [2.75, 3.05) is 6.54 Å². The third-order valence-electron chi connectivity index (χ3n) is 6.84. The molecule has 0 radical (unpaired) electrons. The van der Waals surface area contributed by atoms with E-state index in [1.54, 1.807) is 26.0 Å². The summed E-state index contributed by atoms with van der Waals surface area (Å²) in [5, 5.41) is 31.5. The van der Waals surface area contributed by atoms with Gasteiger partial charge in [0.1, 0.15) is 29.9 Å². The van der Waals surface area contributed by atoms with Gasteiger partial charge in [-0.15, -0.1) is 0 Å². The number of carboxylic acid groups (broad SMARTS) is 1. The average molecular weight is 635 g/mol. The van der Waals surface area contributed by atoms with Gasteiger partial charge in [0, 0.05) is 6.42 Å². The lowest BCUT2D eigenvalue weighted by Gasteiger charge is -2.25. The van der Waals surface area contributed by atoms with E-state index in [0.29, 0.717) is 12.0 Å². The Kier molecular flexibility index (Phi) is 16.0. The number of phenolic OH excluding ortho intramolecular Hbond substituents is 1. The minimum absolute atomic E-state index is 0.0358. The highest BCUT2D eigenvalue weighted by Crippen LogP contribution is 2.13. The predicted octanol–water partition coefficient (Wildman–Crippen LogP) is 0.170. The van der Waals surface area contributed by atoms with Crippen molar-refractivity contribution < 1.29 is 39.0 Å². The smallest absolute Gasteiger partial charge is 0.326 e. The van der Waals surface area contributed by atoms with Crippen LogP contribution in [0.3, 0.4) is 0 Å². The van der Waals surface area contributed by atoms with Crippen molar-refractivity contribution in [3.05, 3.63) is 29.8 Å². The lowest BCUT2D eigenvalue weighted by atomic mass is 10.00. The van der Waals surface area contributed by atoms with Gasteiger partial charge in [-0.05, 0) is 55.2 Å². The van der Waals surface area contributed by atoms with E-state index in [1.807, 2.05) is 27.7 Å². The molecule has 0 saturated carbocycles. The van der Waals surface area contributed by atoms with Crippen molar-refractivity contribution in [3.63, 3.8) is 0 Å². The molecule has 0 unspecified atom stereocenters. The standard InChI is InChI=1S/C31H50N6O8/c1-16(2)12-22(32)28(41)35-24(14-20-8-10-21(38)11-9-20)30(43)36-23(13-17(3)4)29(42)33-15-25(39)34-19(7)27(40)37-26(18(5)6)31(44)45/h8-11,16-19,22-24,26,38H,12-15,32H2,1-7H3,(H,33,42)(H,34,39)(H,35,41)(H,36,43)(H,37,40)(H,44,45)/t19-,22-,23-,24-,26-/m0/s1. The first-order valence-corrected chi connectivity index (χ1v) is 15.2. The largest absolute Gasteiger partial charge is 0.508 e. The number of carbonyl (C=O) groups is 6. The van der Waals surface area contributed by atoms with Crippen LogP contribution in [0.2, 0.25) is 0 Å². The van der Waals surface area contributed by atoms with Crippen LogP contribution in [0.1, 0.15) is 66.9 Å². The average Bonchev–Trinajstić information content (AvgIpc) is 2.93. The molecule has 0 saturated heterocycles. The van der Waals surface area contributed by atoms with Crippen LogP contribution in [-0.4, -0.2) is 82.5 Å². The Labute approximate surface area is 264 Å². The van der Waals surface area contributed by atoms with Crippen molar-refractivity contribution in [2.24, 2.45) is 23.5 Å². The van der Waals surface area contributed by atoms with Gasteiger partial charge in [-0.1, -0.05) is 53.7 Å². The van der Waals surface area contributed by atoms with Crippen LogP contribution in [0.15, 0.2) is 24.3 Å². The van der Waals surface area contributed by atoms with Gasteiger partial charge < -0.3 is 42.5 Å². The molecule has 0 spiro atoms. The molecule has 1 aromatic carbocycles. The highest BCUT2D eigenvalue weighted by atomic mass is 16.4. The molecule has 45 heavy (non-hydrogen) atoms. The van der Waals surface area contributed by atoms with Crippen molar-refractivity contribution >= 4 is 35.5 Å².